The van der Waals surface area contributed by atoms with E-state index in [2.05, 4.69) is 15.5 Å². The third-order valence-electron chi connectivity index (χ3n) is 5.13. The Labute approximate surface area is 184 Å². The molecule has 31 heavy (non-hydrogen) atoms. The Morgan fingerprint density at radius 1 is 1.26 bits per heavy atom. The number of carboxylic acid groups (broad SMARTS) is 1. The van der Waals surface area contributed by atoms with Gasteiger partial charge in [-0.1, -0.05) is 5.16 Å². The second-order valence-corrected chi connectivity index (χ2v) is 8.57. The van der Waals surface area contributed by atoms with Crippen LogP contribution >= 0.6 is 11.3 Å². The molecule has 0 amide bonds. The molecule has 164 valence electrons. The van der Waals surface area contributed by atoms with Crippen LogP contribution in [0.2, 0.25) is 0 Å². The fraction of sp³-hybridized carbons (Fsp3) is 0.409. The van der Waals surface area contributed by atoms with Crippen molar-refractivity contribution in [1.29, 1.82) is 0 Å². The summed E-state index contributed by atoms with van der Waals surface area (Å²) < 4.78 is 17.1. The highest BCUT2D eigenvalue weighted by Gasteiger charge is 2.20. The summed E-state index contributed by atoms with van der Waals surface area (Å²) in [6.07, 6.45) is 4.82. The van der Waals surface area contributed by atoms with Crippen LogP contribution in [-0.4, -0.2) is 41.0 Å². The highest BCUT2D eigenvalue weighted by molar-refractivity contribution is 7.15. The van der Waals surface area contributed by atoms with E-state index >= 15 is 0 Å². The maximum atomic E-state index is 10.6. The van der Waals surface area contributed by atoms with E-state index in [0.29, 0.717) is 36.3 Å². The van der Waals surface area contributed by atoms with Crippen LogP contribution in [0.1, 0.15) is 37.0 Å². The Bertz CT molecular complexity index is 1030. The maximum absolute atomic E-state index is 10.6. The molecular formula is C22H25N3O5S. The lowest BCUT2D eigenvalue weighted by Gasteiger charge is -2.16. The molecule has 0 saturated heterocycles. The number of thiophene rings is 1. The normalized spacial score (nSPS) is 14.1. The van der Waals surface area contributed by atoms with Gasteiger partial charge in [0.2, 0.25) is 5.82 Å². The van der Waals surface area contributed by atoms with E-state index in [0.717, 1.165) is 28.2 Å². The highest BCUT2D eigenvalue weighted by atomic mass is 32.1. The lowest BCUT2D eigenvalue weighted by atomic mass is 10.2. The predicted octanol–water partition coefficient (Wildman–Crippen LogP) is 4.36. The van der Waals surface area contributed by atoms with E-state index in [1.165, 1.54) is 12.8 Å². The summed E-state index contributed by atoms with van der Waals surface area (Å²) >= 11 is 1.54. The average Bonchev–Trinajstić information content (AvgIpc) is 3.52. The van der Waals surface area contributed by atoms with Crippen molar-refractivity contribution in [3.05, 3.63) is 35.2 Å². The molecule has 2 N–H and O–H groups in total. The van der Waals surface area contributed by atoms with Crippen LogP contribution in [0.4, 0.5) is 0 Å². The Morgan fingerprint density at radius 2 is 2.10 bits per heavy atom. The topological polar surface area (TPSA) is 107 Å². The molecule has 0 atom stereocenters. The number of carboxylic acids is 1. The first-order valence-electron chi connectivity index (χ1n) is 10.3. The van der Waals surface area contributed by atoms with Gasteiger partial charge in [0, 0.05) is 23.5 Å². The van der Waals surface area contributed by atoms with Crippen LogP contribution < -0.4 is 14.8 Å². The van der Waals surface area contributed by atoms with Crippen molar-refractivity contribution < 1.29 is 23.9 Å². The summed E-state index contributed by atoms with van der Waals surface area (Å²) in [5, 5.41) is 15.9. The number of carbonyl (C=O) groups is 1. The summed E-state index contributed by atoms with van der Waals surface area (Å²) in [6.45, 7) is 1.03. The Hall–Kier alpha value is -2.91. The van der Waals surface area contributed by atoms with E-state index < -0.39 is 5.97 Å². The number of hydrogen-bond donors (Lipinski definition) is 2. The first-order chi connectivity index (χ1) is 15.1. The summed E-state index contributed by atoms with van der Waals surface area (Å²) in [6, 6.07) is 9.54. The van der Waals surface area contributed by atoms with Crippen molar-refractivity contribution in [2.24, 2.45) is 0 Å². The van der Waals surface area contributed by atoms with Crippen molar-refractivity contribution in [3.63, 3.8) is 0 Å². The molecule has 0 bridgehead atoms. The molecule has 3 aromatic rings. The fourth-order valence-corrected chi connectivity index (χ4v) is 4.43. The minimum Gasteiger partial charge on any atom is -0.493 e. The number of nitrogens with zero attached hydrogens (tertiary/aromatic N) is 2. The smallest absolute Gasteiger partial charge is 0.304 e. The molecule has 1 saturated carbocycles. The molecule has 0 unspecified atom stereocenters. The van der Waals surface area contributed by atoms with Crippen molar-refractivity contribution in [2.45, 2.75) is 44.8 Å². The zero-order valence-electron chi connectivity index (χ0n) is 17.3. The number of rotatable bonds is 10. The van der Waals surface area contributed by atoms with E-state index in [9.17, 15) is 4.79 Å². The molecule has 1 fully saturated rings. The van der Waals surface area contributed by atoms with Gasteiger partial charge in [0.25, 0.3) is 5.89 Å². The number of nitrogens with one attached hydrogen (secondary N) is 1. The van der Waals surface area contributed by atoms with Crippen LogP contribution in [0, 0.1) is 0 Å². The first-order valence-corrected chi connectivity index (χ1v) is 11.1. The molecule has 1 aliphatic carbocycles. The maximum Gasteiger partial charge on any atom is 0.304 e. The minimum atomic E-state index is -0.811. The van der Waals surface area contributed by atoms with Crippen LogP contribution in [0.3, 0.4) is 0 Å². The molecule has 0 radical (unpaired) electrons. The monoisotopic (exact) mass is 443 g/mol. The van der Waals surface area contributed by atoms with Gasteiger partial charge in [0.05, 0.1) is 24.5 Å². The average molecular weight is 444 g/mol. The van der Waals surface area contributed by atoms with Gasteiger partial charge in [-0.05, 0) is 56.0 Å². The van der Waals surface area contributed by atoms with E-state index in [1.807, 2.05) is 30.3 Å². The molecular weight excluding hydrogens is 418 g/mol. The lowest BCUT2D eigenvalue weighted by molar-refractivity contribution is -0.136. The Kier molecular flexibility index (Phi) is 6.83. The van der Waals surface area contributed by atoms with Crippen LogP contribution in [0.5, 0.6) is 11.5 Å². The van der Waals surface area contributed by atoms with Gasteiger partial charge in [-0.2, -0.15) is 4.98 Å². The van der Waals surface area contributed by atoms with Gasteiger partial charge in [0.1, 0.15) is 0 Å². The molecule has 4 rings (SSSR count). The number of benzene rings is 1. The second kappa shape index (κ2) is 9.93. The van der Waals surface area contributed by atoms with Gasteiger partial charge in [-0.25, -0.2) is 0 Å². The van der Waals surface area contributed by atoms with Crippen molar-refractivity contribution >= 4 is 17.3 Å². The summed E-state index contributed by atoms with van der Waals surface area (Å²) in [5.74, 6) is 1.51. The highest BCUT2D eigenvalue weighted by Crippen LogP contribution is 2.36. The summed E-state index contributed by atoms with van der Waals surface area (Å²) in [4.78, 5) is 17.1. The molecule has 1 aromatic carbocycles. The third kappa shape index (κ3) is 5.42. The first kappa shape index (κ1) is 21.3. The van der Waals surface area contributed by atoms with Crippen LogP contribution in [-0.2, 0) is 11.3 Å². The number of aromatic nitrogens is 2. The van der Waals surface area contributed by atoms with E-state index in [-0.39, 0.29) is 12.5 Å². The van der Waals surface area contributed by atoms with Crippen LogP contribution in [0.15, 0.2) is 34.9 Å². The van der Waals surface area contributed by atoms with Gasteiger partial charge < -0.3 is 24.4 Å². The van der Waals surface area contributed by atoms with Crippen molar-refractivity contribution in [2.75, 3.05) is 13.7 Å². The molecule has 0 spiro atoms. The Morgan fingerprint density at radius 3 is 2.87 bits per heavy atom. The SMILES string of the molecule is COc1ccc(-c2nc(-c3ccc(CNCCC(=O)O)s3)no2)cc1OC1CCCC1. The number of hydrogen-bond acceptors (Lipinski definition) is 8. The largest absolute Gasteiger partial charge is 0.493 e. The summed E-state index contributed by atoms with van der Waals surface area (Å²) in [7, 11) is 1.63. The van der Waals surface area contributed by atoms with Crippen LogP contribution in [0.25, 0.3) is 22.2 Å². The summed E-state index contributed by atoms with van der Waals surface area (Å²) in [5.41, 5.74) is 0.777. The van der Waals surface area contributed by atoms with Gasteiger partial charge in [-0.15, -0.1) is 11.3 Å². The standard InChI is InChI=1S/C22H25N3O5S/c1-28-17-8-6-14(12-18(17)29-15-4-2-3-5-15)22-24-21(25-30-22)19-9-7-16(31-19)13-23-11-10-20(26)27/h6-9,12,15,23H,2-5,10-11,13H2,1H3,(H,26,27). The molecule has 8 nitrogen and oxygen atoms in total. The van der Waals surface area contributed by atoms with Gasteiger partial charge in [0.15, 0.2) is 11.5 Å². The molecule has 9 heteroatoms. The number of ether oxygens (including phenoxy) is 2. The van der Waals surface area contributed by atoms with Crippen molar-refractivity contribution in [3.8, 4) is 33.7 Å². The zero-order chi connectivity index (χ0) is 21.6. The van der Waals surface area contributed by atoms with E-state index in [1.54, 1.807) is 18.4 Å². The molecule has 0 aliphatic heterocycles. The quantitative estimate of drug-likeness (QED) is 0.445. The zero-order valence-corrected chi connectivity index (χ0v) is 18.1. The molecule has 1 aliphatic rings. The number of aliphatic carboxylic acids is 1. The van der Waals surface area contributed by atoms with Gasteiger partial charge >= 0.3 is 5.97 Å². The fourth-order valence-electron chi connectivity index (χ4n) is 3.53. The third-order valence-corrected chi connectivity index (χ3v) is 6.21. The second-order valence-electron chi connectivity index (χ2n) is 7.40. The predicted molar refractivity (Wildman–Crippen MR) is 116 cm³/mol. The minimum absolute atomic E-state index is 0.0980. The molecule has 2 aromatic heterocycles. The lowest BCUT2D eigenvalue weighted by Crippen LogP contribution is -2.16. The molecule has 2 heterocycles. The van der Waals surface area contributed by atoms with E-state index in [4.69, 9.17) is 19.1 Å². The van der Waals surface area contributed by atoms with Gasteiger partial charge in [-0.3, -0.25) is 4.79 Å². The number of methoxy groups -OCH3 is 1. The van der Waals surface area contributed by atoms with Crippen molar-refractivity contribution in [1.82, 2.24) is 15.5 Å². The Balaban J connectivity index is 1.45.